The molecule has 1 N–H and O–H groups in total. The van der Waals surface area contributed by atoms with E-state index < -0.39 is 15.9 Å². The van der Waals surface area contributed by atoms with Gasteiger partial charge in [0, 0.05) is 11.9 Å². The van der Waals surface area contributed by atoms with Crippen molar-refractivity contribution < 1.29 is 17.9 Å². The number of nitrogens with one attached hydrogen (secondary N) is 1. The summed E-state index contributed by atoms with van der Waals surface area (Å²) in [5, 5.41) is 2.66. The third-order valence-electron chi connectivity index (χ3n) is 3.20. The van der Waals surface area contributed by atoms with Crippen molar-refractivity contribution in [2.45, 2.75) is 24.8 Å². The van der Waals surface area contributed by atoms with Gasteiger partial charge in [0.25, 0.3) is 5.91 Å². The van der Waals surface area contributed by atoms with E-state index in [-0.39, 0.29) is 10.8 Å². The van der Waals surface area contributed by atoms with Crippen molar-refractivity contribution >= 4 is 21.4 Å². The first kappa shape index (κ1) is 17.0. The Hall–Kier alpha value is -2.34. The topological polar surface area (TPSA) is 72.5 Å². The molecule has 1 atom stereocenters. The van der Waals surface area contributed by atoms with Crippen LogP contribution >= 0.6 is 0 Å². The van der Waals surface area contributed by atoms with Crippen molar-refractivity contribution in [1.82, 2.24) is 0 Å². The van der Waals surface area contributed by atoms with E-state index in [0.717, 1.165) is 11.8 Å². The molecule has 0 saturated carbocycles. The highest BCUT2D eigenvalue weighted by atomic mass is 32.2. The lowest BCUT2D eigenvalue weighted by Crippen LogP contribution is -2.30. The summed E-state index contributed by atoms with van der Waals surface area (Å²) in [6.07, 6.45) is 0.413. The zero-order valence-electron chi connectivity index (χ0n) is 13.2. The number of benzene rings is 2. The molecular formula is C17H19NO4S. The maximum atomic E-state index is 12.2. The van der Waals surface area contributed by atoms with Crippen LogP contribution in [-0.4, -0.2) is 26.7 Å². The molecule has 0 aliphatic carbocycles. The minimum absolute atomic E-state index is 0.155. The molecule has 122 valence electrons. The first-order valence-electron chi connectivity index (χ1n) is 7.10. The molecule has 0 spiro atoms. The fraction of sp³-hybridized carbons (Fsp3) is 0.235. The van der Waals surface area contributed by atoms with Gasteiger partial charge in [0.15, 0.2) is 15.9 Å². The Morgan fingerprint density at radius 3 is 2.48 bits per heavy atom. The predicted molar refractivity (Wildman–Crippen MR) is 89.5 cm³/mol. The van der Waals surface area contributed by atoms with Crippen molar-refractivity contribution in [1.29, 1.82) is 0 Å². The minimum atomic E-state index is -3.32. The Morgan fingerprint density at radius 2 is 1.83 bits per heavy atom. The Labute approximate surface area is 136 Å². The predicted octanol–water partition coefficient (Wildman–Crippen LogP) is 2.80. The van der Waals surface area contributed by atoms with Crippen molar-refractivity contribution in [3.8, 4) is 5.75 Å². The molecule has 0 radical (unpaired) electrons. The molecule has 23 heavy (non-hydrogen) atoms. The number of sulfone groups is 1. The van der Waals surface area contributed by atoms with Crippen molar-refractivity contribution in [3.63, 3.8) is 0 Å². The summed E-state index contributed by atoms with van der Waals surface area (Å²) in [5.41, 5.74) is 1.45. The molecule has 2 rings (SSSR count). The fourth-order valence-electron chi connectivity index (χ4n) is 1.99. The molecule has 1 amide bonds. The SMILES string of the molecule is Cc1cccc(O[C@H](C)C(=O)Nc2cccc(S(C)(=O)=O)c2)c1. The van der Waals surface area contributed by atoms with Gasteiger partial charge in [0.05, 0.1) is 4.90 Å². The number of carbonyl (C=O) groups is 1. The van der Waals surface area contributed by atoms with Crippen LogP contribution in [-0.2, 0) is 14.6 Å². The summed E-state index contributed by atoms with van der Waals surface area (Å²) < 4.78 is 28.7. The van der Waals surface area contributed by atoms with E-state index in [1.54, 1.807) is 25.1 Å². The number of aryl methyl sites for hydroxylation is 1. The summed E-state index contributed by atoms with van der Waals surface area (Å²) in [5.74, 6) is 0.259. The van der Waals surface area contributed by atoms with Crippen LogP contribution in [0.2, 0.25) is 0 Å². The van der Waals surface area contributed by atoms with Crippen LogP contribution in [0.1, 0.15) is 12.5 Å². The maximum Gasteiger partial charge on any atom is 0.265 e. The standard InChI is InChI=1S/C17H19NO4S/c1-12-6-4-8-15(10-12)22-13(2)17(19)18-14-7-5-9-16(11-14)23(3,20)21/h4-11,13H,1-3H3,(H,18,19)/t13-/m1/s1. The molecule has 0 aromatic heterocycles. The van der Waals surface area contributed by atoms with Gasteiger partial charge in [-0.1, -0.05) is 18.2 Å². The van der Waals surface area contributed by atoms with Gasteiger partial charge in [-0.05, 0) is 49.7 Å². The van der Waals surface area contributed by atoms with E-state index in [9.17, 15) is 13.2 Å². The van der Waals surface area contributed by atoms with Crippen molar-refractivity contribution in [2.24, 2.45) is 0 Å². The van der Waals surface area contributed by atoms with Crippen LogP contribution < -0.4 is 10.1 Å². The molecular weight excluding hydrogens is 314 g/mol. The number of amides is 1. The van der Waals surface area contributed by atoms with Crippen molar-refractivity contribution in [3.05, 3.63) is 54.1 Å². The number of ether oxygens (including phenoxy) is 1. The maximum absolute atomic E-state index is 12.2. The van der Waals surface area contributed by atoms with Gasteiger partial charge in [0.1, 0.15) is 5.75 Å². The van der Waals surface area contributed by atoms with Gasteiger partial charge >= 0.3 is 0 Å². The monoisotopic (exact) mass is 333 g/mol. The number of hydrogen-bond donors (Lipinski definition) is 1. The Bertz CT molecular complexity index is 815. The van der Waals surface area contributed by atoms with Crippen LogP contribution in [0.3, 0.4) is 0 Å². The van der Waals surface area contributed by atoms with E-state index in [1.165, 1.54) is 12.1 Å². The number of anilines is 1. The zero-order valence-corrected chi connectivity index (χ0v) is 14.1. The Balaban J connectivity index is 2.07. The minimum Gasteiger partial charge on any atom is -0.481 e. The van der Waals surface area contributed by atoms with Gasteiger partial charge in [-0.3, -0.25) is 4.79 Å². The molecule has 0 fully saturated rings. The normalized spacial score (nSPS) is 12.5. The average molecular weight is 333 g/mol. The van der Waals surface area contributed by atoms with Crippen LogP contribution in [0.15, 0.2) is 53.4 Å². The molecule has 0 aliphatic heterocycles. The summed E-state index contributed by atoms with van der Waals surface area (Å²) in [7, 11) is -3.32. The molecule has 0 bridgehead atoms. The lowest BCUT2D eigenvalue weighted by atomic mass is 10.2. The van der Waals surface area contributed by atoms with Gasteiger partial charge < -0.3 is 10.1 Å². The molecule has 6 heteroatoms. The zero-order chi connectivity index (χ0) is 17.0. The quantitative estimate of drug-likeness (QED) is 0.913. The third-order valence-corrected chi connectivity index (χ3v) is 4.31. The highest BCUT2D eigenvalue weighted by molar-refractivity contribution is 7.90. The first-order chi connectivity index (χ1) is 10.8. The van der Waals surface area contributed by atoms with Gasteiger partial charge in [-0.15, -0.1) is 0 Å². The van der Waals surface area contributed by atoms with Gasteiger partial charge in [-0.25, -0.2) is 8.42 Å². The molecule has 2 aromatic rings. The second kappa shape index (κ2) is 6.83. The number of rotatable bonds is 5. The van der Waals surface area contributed by atoms with Crippen LogP contribution in [0.5, 0.6) is 5.75 Å². The molecule has 0 aliphatic rings. The third kappa shape index (κ3) is 4.82. The van der Waals surface area contributed by atoms with E-state index in [4.69, 9.17) is 4.74 Å². The molecule has 2 aromatic carbocycles. The number of hydrogen-bond acceptors (Lipinski definition) is 4. The van der Waals surface area contributed by atoms with E-state index >= 15 is 0 Å². The largest absolute Gasteiger partial charge is 0.481 e. The van der Waals surface area contributed by atoms with Gasteiger partial charge in [-0.2, -0.15) is 0 Å². The van der Waals surface area contributed by atoms with Crippen LogP contribution in [0, 0.1) is 6.92 Å². The van der Waals surface area contributed by atoms with Crippen LogP contribution in [0.25, 0.3) is 0 Å². The lowest BCUT2D eigenvalue weighted by molar-refractivity contribution is -0.122. The summed E-state index contributed by atoms with van der Waals surface area (Å²) in [4.78, 5) is 12.3. The highest BCUT2D eigenvalue weighted by Crippen LogP contribution is 2.17. The number of carbonyl (C=O) groups excluding carboxylic acids is 1. The van der Waals surface area contributed by atoms with Crippen molar-refractivity contribution in [2.75, 3.05) is 11.6 Å². The van der Waals surface area contributed by atoms with E-state index in [2.05, 4.69) is 5.32 Å². The van der Waals surface area contributed by atoms with Crippen LogP contribution in [0.4, 0.5) is 5.69 Å². The summed E-state index contributed by atoms with van der Waals surface area (Å²) in [6, 6.07) is 13.5. The first-order valence-corrected chi connectivity index (χ1v) is 8.99. The molecule has 5 nitrogen and oxygen atoms in total. The Kier molecular flexibility index (Phi) is 5.05. The highest BCUT2D eigenvalue weighted by Gasteiger charge is 2.16. The second-order valence-corrected chi connectivity index (χ2v) is 7.38. The summed E-state index contributed by atoms with van der Waals surface area (Å²) in [6.45, 7) is 3.58. The molecule has 0 heterocycles. The van der Waals surface area contributed by atoms with E-state index in [0.29, 0.717) is 11.4 Å². The second-order valence-electron chi connectivity index (χ2n) is 5.37. The molecule has 0 saturated heterocycles. The Morgan fingerprint density at radius 1 is 1.13 bits per heavy atom. The molecule has 0 unspecified atom stereocenters. The summed E-state index contributed by atoms with van der Waals surface area (Å²) >= 11 is 0. The van der Waals surface area contributed by atoms with E-state index in [1.807, 2.05) is 25.1 Å². The smallest absolute Gasteiger partial charge is 0.265 e. The van der Waals surface area contributed by atoms with Gasteiger partial charge in [0.2, 0.25) is 0 Å². The average Bonchev–Trinajstić information content (AvgIpc) is 2.46. The fourth-order valence-corrected chi connectivity index (χ4v) is 2.66. The lowest BCUT2D eigenvalue weighted by Gasteiger charge is -2.15.